The standard InChI is InChI=1S/C26H25N3O6S/c1-15(17-7-4-8-18(14-17)20-10-5-13-36-20)27-24(31)19-9-3-2-6-16(19)11-12-21(30)28-29-25(32)22-23(35-22)26(33)34/h2-10,13-15,22-23H,11-12H2,1H3,(H,27,31)(H,28,30)(H,29,32)(H,33,34). The van der Waals surface area contributed by atoms with E-state index in [0.717, 1.165) is 16.0 Å². The average molecular weight is 508 g/mol. The molecule has 2 heterocycles. The molecule has 0 saturated carbocycles. The van der Waals surface area contributed by atoms with Crippen LogP contribution in [0.1, 0.15) is 40.9 Å². The quantitative estimate of drug-likeness (QED) is 0.260. The van der Waals surface area contributed by atoms with Crippen LogP contribution in [0.5, 0.6) is 0 Å². The van der Waals surface area contributed by atoms with Gasteiger partial charge in [0.05, 0.1) is 6.04 Å². The molecule has 4 N–H and O–H groups in total. The molecule has 10 heteroatoms. The van der Waals surface area contributed by atoms with Crippen LogP contribution >= 0.6 is 11.3 Å². The summed E-state index contributed by atoms with van der Waals surface area (Å²) < 4.78 is 4.73. The number of aliphatic carboxylic acids is 1. The Labute approximate surface area is 211 Å². The normalized spacial score (nSPS) is 17.0. The van der Waals surface area contributed by atoms with Gasteiger partial charge >= 0.3 is 5.97 Å². The lowest BCUT2D eigenvalue weighted by molar-refractivity contribution is -0.138. The predicted molar refractivity (Wildman–Crippen MR) is 133 cm³/mol. The SMILES string of the molecule is CC(NC(=O)c1ccccc1CCC(=O)NNC(=O)C1OC1C(=O)O)c1cccc(-c2cccs2)c1. The Morgan fingerprint density at radius 2 is 1.81 bits per heavy atom. The van der Waals surface area contributed by atoms with E-state index in [1.54, 1.807) is 35.6 Å². The maximum Gasteiger partial charge on any atom is 0.336 e. The summed E-state index contributed by atoms with van der Waals surface area (Å²) >= 11 is 1.65. The Hall–Kier alpha value is -4.02. The second-order valence-corrected chi connectivity index (χ2v) is 9.26. The van der Waals surface area contributed by atoms with Crippen LogP contribution in [0.15, 0.2) is 66.0 Å². The number of carbonyl (C=O) groups is 4. The van der Waals surface area contributed by atoms with Gasteiger partial charge in [0.15, 0.2) is 12.2 Å². The summed E-state index contributed by atoms with van der Waals surface area (Å²) in [7, 11) is 0. The number of ether oxygens (including phenoxy) is 1. The molecule has 0 bridgehead atoms. The number of carbonyl (C=O) groups excluding carboxylic acids is 3. The molecule has 0 spiro atoms. The molecule has 3 aromatic rings. The van der Waals surface area contributed by atoms with Crippen LogP contribution in [0.3, 0.4) is 0 Å². The number of benzene rings is 2. The number of epoxide rings is 1. The number of rotatable bonds is 9. The van der Waals surface area contributed by atoms with Gasteiger partial charge in [0.1, 0.15) is 0 Å². The number of hydrogen-bond acceptors (Lipinski definition) is 6. The average Bonchev–Trinajstić information content (AvgIpc) is 3.51. The van der Waals surface area contributed by atoms with Crippen molar-refractivity contribution in [2.24, 2.45) is 0 Å². The fourth-order valence-electron chi connectivity index (χ4n) is 3.73. The molecular weight excluding hydrogens is 482 g/mol. The van der Waals surface area contributed by atoms with Crippen molar-refractivity contribution in [2.45, 2.75) is 38.0 Å². The minimum Gasteiger partial charge on any atom is -0.479 e. The number of hydrogen-bond donors (Lipinski definition) is 4. The molecule has 0 radical (unpaired) electrons. The van der Waals surface area contributed by atoms with Gasteiger partial charge in [-0.05, 0) is 53.6 Å². The smallest absolute Gasteiger partial charge is 0.336 e. The molecule has 9 nitrogen and oxygen atoms in total. The second-order valence-electron chi connectivity index (χ2n) is 8.31. The number of carboxylic acids is 1. The van der Waals surface area contributed by atoms with Gasteiger partial charge < -0.3 is 15.2 Å². The van der Waals surface area contributed by atoms with Crippen LogP contribution in [0.4, 0.5) is 0 Å². The van der Waals surface area contributed by atoms with E-state index in [0.29, 0.717) is 11.1 Å². The number of nitrogens with one attached hydrogen (secondary N) is 3. The fraction of sp³-hybridized carbons (Fsp3) is 0.231. The number of amides is 3. The lowest BCUT2D eigenvalue weighted by Crippen LogP contribution is -2.44. The van der Waals surface area contributed by atoms with Gasteiger partial charge in [-0.25, -0.2) is 4.79 Å². The number of aryl methyl sites for hydroxylation is 1. The topological polar surface area (TPSA) is 137 Å². The minimum atomic E-state index is -1.24. The van der Waals surface area contributed by atoms with Gasteiger partial charge in [0, 0.05) is 16.9 Å². The largest absolute Gasteiger partial charge is 0.479 e. The van der Waals surface area contributed by atoms with E-state index in [4.69, 9.17) is 9.84 Å². The van der Waals surface area contributed by atoms with E-state index in [1.165, 1.54) is 0 Å². The lowest BCUT2D eigenvalue weighted by atomic mass is 10.0. The molecule has 3 atom stereocenters. The van der Waals surface area contributed by atoms with Gasteiger partial charge in [0.25, 0.3) is 11.8 Å². The summed E-state index contributed by atoms with van der Waals surface area (Å²) in [4.78, 5) is 48.9. The molecule has 186 valence electrons. The van der Waals surface area contributed by atoms with Crippen molar-refractivity contribution in [3.63, 3.8) is 0 Å². The third-order valence-electron chi connectivity index (χ3n) is 5.74. The summed E-state index contributed by atoms with van der Waals surface area (Å²) in [6.45, 7) is 1.92. The van der Waals surface area contributed by atoms with Crippen LogP contribution in [0.25, 0.3) is 10.4 Å². The first-order valence-corrected chi connectivity index (χ1v) is 12.2. The molecule has 36 heavy (non-hydrogen) atoms. The first kappa shape index (κ1) is 25.1. The molecule has 1 aliphatic rings. The summed E-state index contributed by atoms with van der Waals surface area (Å²) in [6.07, 6.45) is -2.02. The van der Waals surface area contributed by atoms with E-state index < -0.39 is 30.0 Å². The highest BCUT2D eigenvalue weighted by atomic mass is 32.1. The van der Waals surface area contributed by atoms with Crippen molar-refractivity contribution in [1.82, 2.24) is 16.2 Å². The third kappa shape index (κ3) is 6.15. The van der Waals surface area contributed by atoms with Crippen LogP contribution in [-0.2, 0) is 25.5 Å². The first-order chi connectivity index (χ1) is 17.3. The molecule has 1 fully saturated rings. The highest BCUT2D eigenvalue weighted by Crippen LogP contribution is 2.27. The number of carboxylic acid groups (broad SMARTS) is 1. The maximum absolute atomic E-state index is 13.1. The van der Waals surface area contributed by atoms with E-state index in [2.05, 4.69) is 28.3 Å². The van der Waals surface area contributed by atoms with E-state index >= 15 is 0 Å². The van der Waals surface area contributed by atoms with Gasteiger partial charge in [-0.2, -0.15) is 0 Å². The Morgan fingerprint density at radius 1 is 1.00 bits per heavy atom. The van der Waals surface area contributed by atoms with Gasteiger partial charge in [-0.15, -0.1) is 11.3 Å². The number of hydrazine groups is 1. The fourth-order valence-corrected chi connectivity index (χ4v) is 4.46. The lowest BCUT2D eigenvalue weighted by Gasteiger charge is -2.17. The zero-order chi connectivity index (χ0) is 25.7. The first-order valence-electron chi connectivity index (χ1n) is 11.3. The summed E-state index contributed by atoms with van der Waals surface area (Å²) in [5, 5.41) is 13.8. The molecule has 1 aromatic heterocycles. The molecule has 3 unspecified atom stereocenters. The van der Waals surface area contributed by atoms with E-state index in [-0.39, 0.29) is 24.8 Å². The maximum atomic E-state index is 13.1. The van der Waals surface area contributed by atoms with Crippen molar-refractivity contribution in [3.05, 3.63) is 82.7 Å². The Bertz CT molecular complexity index is 1280. The summed E-state index contributed by atoms with van der Waals surface area (Å²) in [5.74, 6) is -2.70. The van der Waals surface area contributed by atoms with Crippen molar-refractivity contribution < 1.29 is 29.0 Å². The van der Waals surface area contributed by atoms with E-state index in [1.807, 2.05) is 36.6 Å². The monoisotopic (exact) mass is 507 g/mol. The van der Waals surface area contributed by atoms with Crippen LogP contribution in [0.2, 0.25) is 0 Å². The summed E-state index contributed by atoms with van der Waals surface area (Å²) in [5.41, 5.74) is 7.62. The molecule has 1 saturated heterocycles. The highest BCUT2D eigenvalue weighted by molar-refractivity contribution is 7.13. The van der Waals surface area contributed by atoms with Gasteiger partial charge in [0.2, 0.25) is 5.91 Å². The van der Waals surface area contributed by atoms with Gasteiger partial charge in [-0.1, -0.05) is 42.5 Å². The van der Waals surface area contributed by atoms with Crippen LogP contribution in [-0.4, -0.2) is 41.0 Å². The van der Waals surface area contributed by atoms with Crippen molar-refractivity contribution in [1.29, 1.82) is 0 Å². The molecule has 1 aliphatic heterocycles. The molecule has 2 aromatic carbocycles. The summed E-state index contributed by atoms with van der Waals surface area (Å²) in [6, 6.07) is 18.9. The van der Waals surface area contributed by atoms with Crippen molar-refractivity contribution in [3.8, 4) is 10.4 Å². The zero-order valence-corrected chi connectivity index (χ0v) is 20.2. The number of thiophene rings is 1. The molecule has 0 aliphatic carbocycles. The highest BCUT2D eigenvalue weighted by Gasteiger charge is 2.50. The third-order valence-corrected chi connectivity index (χ3v) is 6.66. The van der Waals surface area contributed by atoms with Crippen molar-refractivity contribution in [2.75, 3.05) is 0 Å². The Balaban J connectivity index is 1.32. The van der Waals surface area contributed by atoms with Crippen LogP contribution < -0.4 is 16.2 Å². The Kier molecular flexibility index (Phi) is 7.77. The van der Waals surface area contributed by atoms with E-state index in [9.17, 15) is 19.2 Å². The molecule has 3 amide bonds. The predicted octanol–water partition coefficient (Wildman–Crippen LogP) is 2.84. The van der Waals surface area contributed by atoms with Crippen molar-refractivity contribution >= 4 is 35.0 Å². The minimum absolute atomic E-state index is 0.0108. The van der Waals surface area contributed by atoms with Crippen LogP contribution in [0, 0.1) is 0 Å². The zero-order valence-electron chi connectivity index (χ0n) is 19.4. The molecular formula is C26H25N3O6S. The van der Waals surface area contributed by atoms with Gasteiger partial charge in [-0.3, -0.25) is 25.2 Å². The Morgan fingerprint density at radius 3 is 2.53 bits per heavy atom. The second kappa shape index (κ2) is 11.1. The molecule has 4 rings (SSSR count).